The van der Waals surface area contributed by atoms with Gasteiger partial charge in [-0.1, -0.05) is 24.3 Å². The van der Waals surface area contributed by atoms with Gasteiger partial charge in [0.15, 0.2) is 6.29 Å². The molecule has 0 aliphatic heterocycles. The Kier molecular flexibility index (Phi) is 4.08. The smallest absolute Gasteiger partial charge is 0.416 e. The lowest BCUT2D eigenvalue weighted by Crippen LogP contribution is -2.06. The second-order valence-electron chi connectivity index (χ2n) is 4.14. The van der Waals surface area contributed by atoms with Gasteiger partial charge in [-0.15, -0.1) is 0 Å². The first kappa shape index (κ1) is 14.1. The number of alkyl halides is 3. The Balaban J connectivity index is 2.13. The van der Waals surface area contributed by atoms with Gasteiger partial charge in [0, 0.05) is 0 Å². The molecule has 0 radical (unpaired) electrons. The van der Waals surface area contributed by atoms with Crippen molar-refractivity contribution in [3.05, 3.63) is 65.2 Å². The molecule has 2 rings (SSSR count). The summed E-state index contributed by atoms with van der Waals surface area (Å²) in [6, 6.07) is 11.4. The molecule has 0 atom stereocenters. The number of aldehydes is 1. The van der Waals surface area contributed by atoms with E-state index in [9.17, 15) is 18.0 Å². The molecule has 2 aromatic rings. The Morgan fingerprint density at radius 2 is 1.80 bits per heavy atom. The molecule has 0 aliphatic rings. The van der Waals surface area contributed by atoms with E-state index in [4.69, 9.17) is 4.74 Å². The molecule has 0 bridgehead atoms. The van der Waals surface area contributed by atoms with E-state index in [0.717, 1.165) is 12.1 Å². The molecular weight excluding hydrogens is 269 g/mol. The van der Waals surface area contributed by atoms with Crippen LogP contribution in [0.25, 0.3) is 0 Å². The van der Waals surface area contributed by atoms with Gasteiger partial charge in [0.1, 0.15) is 12.4 Å². The summed E-state index contributed by atoms with van der Waals surface area (Å²) in [5.74, 6) is 0.347. The van der Waals surface area contributed by atoms with Crippen LogP contribution in [-0.4, -0.2) is 6.29 Å². The molecular formula is C15H11F3O2. The Bertz CT molecular complexity index is 606. The summed E-state index contributed by atoms with van der Waals surface area (Å²) in [5, 5.41) is 0. The van der Waals surface area contributed by atoms with E-state index in [-0.39, 0.29) is 6.61 Å². The zero-order valence-corrected chi connectivity index (χ0v) is 10.4. The van der Waals surface area contributed by atoms with E-state index in [1.807, 2.05) is 0 Å². The van der Waals surface area contributed by atoms with Gasteiger partial charge in [0.2, 0.25) is 0 Å². The van der Waals surface area contributed by atoms with Gasteiger partial charge in [0.25, 0.3) is 0 Å². The molecule has 0 unspecified atom stereocenters. The summed E-state index contributed by atoms with van der Waals surface area (Å²) in [7, 11) is 0. The summed E-state index contributed by atoms with van der Waals surface area (Å²) in [5.41, 5.74) is 0.0299. The number of benzene rings is 2. The van der Waals surface area contributed by atoms with Crippen molar-refractivity contribution >= 4 is 6.29 Å². The Labute approximate surface area is 113 Å². The topological polar surface area (TPSA) is 26.3 Å². The third-order valence-corrected chi connectivity index (χ3v) is 2.69. The Morgan fingerprint density at radius 1 is 1.05 bits per heavy atom. The number of hydrogen-bond donors (Lipinski definition) is 0. The molecule has 0 saturated carbocycles. The number of carbonyl (C=O) groups is 1. The first-order valence-corrected chi connectivity index (χ1v) is 5.84. The van der Waals surface area contributed by atoms with Crippen LogP contribution < -0.4 is 4.74 Å². The van der Waals surface area contributed by atoms with Crippen molar-refractivity contribution < 1.29 is 22.7 Å². The molecule has 0 N–H and O–H groups in total. The summed E-state index contributed by atoms with van der Waals surface area (Å²) < 4.78 is 43.1. The second-order valence-corrected chi connectivity index (χ2v) is 4.14. The maximum Gasteiger partial charge on any atom is 0.416 e. The van der Waals surface area contributed by atoms with Gasteiger partial charge in [0.05, 0.1) is 11.1 Å². The average molecular weight is 280 g/mol. The van der Waals surface area contributed by atoms with Crippen molar-refractivity contribution in [1.82, 2.24) is 0 Å². The van der Waals surface area contributed by atoms with Gasteiger partial charge in [-0.2, -0.15) is 13.2 Å². The summed E-state index contributed by atoms with van der Waals surface area (Å²) >= 11 is 0. The number of hydrogen-bond acceptors (Lipinski definition) is 2. The highest BCUT2D eigenvalue weighted by atomic mass is 19.4. The van der Waals surface area contributed by atoms with Crippen LogP contribution in [0.2, 0.25) is 0 Å². The average Bonchev–Trinajstić information content (AvgIpc) is 2.45. The van der Waals surface area contributed by atoms with Crippen molar-refractivity contribution in [3.8, 4) is 5.75 Å². The number of carbonyl (C=O) groups excluding carboxylic acids is 1. The van der Waals surface area contributed by atoms with Crippen LogP contribution in [0.1, 0.15) is 21.5 Å². The summed E-state index contributed by atoms with van der Waals surface area (Å²) in [4.78, 5) is 10.8. The molecule has 0 aliphatic carbocycles. The van der Waals surface area contributed by atoms with Crippen LogP contribution in [-0.2, 0) is 12.8 Å². The minimum atomic E-state index is -4.38. The molecule has 2 aromatic carbocycles. The second kappa shape index (κ2) is 5.77. The predicted octanol–water partition coefficient (Wildman–Crippen LogP) is 4.10. The monoisotopic (exact) mass is 280 g/mol. The van der Waals surface area contributed by atoms with Gasteiger partial charge in [-0.25, -0.2) is 0 Å². The summed E-state index contributed by atoms with van der Waals surface area (Å²) in [6.45, 7) is -0.0330. The molecule has 0 saturated heterocycles. The normalized spacial score (nSPS) is 11.2. The standard InChI is InChI=1S/C15H11F3O2/c16-15(17,18)13-6-3-4-11(8-13)10-20-14-7-2-1-5-12(14)9-19/h1-9H,10H2. The first-order chi connectivity index (χ1) is 9.50. The number of ether oxygens (including phenoxy) is 1. The molecule has 0 spiro atoms. The Morgan fingerprint density at radius 3 is 2.50 bits per heavy atom. The SMILES string of the molecule is O=Cc1ccccc1OCc1cccc(C(F)(F)F)c1. The molecule has 0 amide bonds. The van der Waals surface area contributed by atoms with Crippen molar-refractivity contribution in [3.63, 3.8) is 0 Å². The minimum absolute atomic E-state index is 0.0330. The third kappa shape index (κ3) is 3.38. The van der Waals surface area contributed by atoms with Crippen molar-refractivity contribution in [2.75, 3.05) is 0 Å². The van der Waals surface area contributed by atoms with E-state index in [0.29, 0.717) is 23.2 Å². The lowest BCUT2D eigenvalue weighted by molar-refractivity contribution is -0.137. The molecule has 20 heavy (non-hydrogen) atoms. The van der Waals surface area contributed by atoms with Crippen LogP contribution in [0, 0.1) is 0 Å². The highest BCUT2D eigenvalue weighted by molar-refractivity contribution is 5.79. The maximum atomic E-state index is 12.6. The van der Waals surface area contributed by atoms with Crippen molar-refractivity contribution in [1.29, 1.82) is 0 Å². The lowest BCUT2D eigenvalue weighted by Gasteiger charge is -2.11. The van der Waals surface area contributed by atoms with Gasteiger partial charge < -0.3 is 4.74 Å². The van der Waals surface area contributed by atoms with Gasteiger partial charge in [-0.3, -0.25) is 4.79 Å². The van der Waals surface area contributed by atoms with E-state index in [1.165, 1.54) is 6.07 Å². The fourth-order valence-corrected chi connectivity index (χ4v) is 1.71. The number of halogens is 3. The Hall–Kier alpha value is -2.30. The zero-order chi connectivity index (χ0) is 14.6. The number of para-hydroxylation sites is 1. The fraction of sp³-hybridized carbons (Fsp3) is 0.133. The molecule has 5 heteroatoms. The largest absolute Gasteiger partial charge is 0.488 e. The molecule has 0 fully saturated rings. The lowest BCUT2D eigenvalue weighted by atomic mass is 10.1. The van der Waals surface area contributed by atoms with E-state index in [1.54, 1.807) is 30.3 Å². The van der Waals surface area contributed by atoms with Crippen LogP contribution in [0.3, 0.4) is 0 Å². The number of rotatable bonds is 4. The maximum absolute atomic E-state index is 12.6. The molecule has 0 aromatic heterocycles. The van der Waals surface area contributed by atoms with Crippen LogP contribution in [0.4, 0.5) is 13.2 Å². The van der Waals surface area contributed by atoms with Crippen LogP contribution in [0.15, 0.2) is 48.5 Å². The third-order valence-electron chi connectivity index (χ3n) is 2.69. The van der Waals surface area contributed by atoms with Crippen LogP contribution in [0.5, 0.6) is 5.75 Å². The zero-order valence-electron chi connectivity index (χ0n) is 10.4. The van der Waals surface area contributed by atoms with Crippen LogP contribution >= 0.6 is 0 Å². The highest BCUT2D eigenvalue weighted by Gasteiger charge is 2.30. The van der Waals surface area contributed by atoms with E-state index < -0.39 is 11.7 Å². The fourth-order valence-electron chi connectivity index (χ4n) is 1.71. The molecule has 104 valence electrons. The quantitative estimate of drug-likeness (QED) is 0.788. The summed E-state index contributed by atoms with van der Waals surface area (Å²) in [6.07, 6.45) is -3.74. The van der Waals surface area contributed by atoms with Crippen molar-refractivity contribution in [2.24, 2.45) is 0 Å². The minimum Gasteiger partial charge on any atom is -0.488 e. The van der Waals surface area contributed by atoms with E-state index >= 15 is 0 Å². The predicted molar refractivity (Wildman–Crippen MR) is 67.6 cm³/mol. The van der Waals surface area contributed by atoms with Gasteiger partial charge >= 0.3 is 6.18 Å². The first-order valence-electron chi connectivity index (χ1n) is 5.84. The van der Waals surface area contributed by atoms with E-state index in [2.05, 4.69) is 0 Å². The van der Waals surface area contributed by atoms with Gasteiger partial charge in [-0.05, 0) is 29.8 Å². The molecule has 2 nitrogen and oxygen atoms in total. The molecule has 0 heterocycles. The highest BCUT2D eigenvalue weighted by Crippen LogP contribution is 2.29. The van der Waals surface area contributed by atoms with Crippen molar-refractivity contribution in [2.45, 2.75) is 12.8 Å².